The number of carboxylic acids is 1. The van der Waals surface area contributed by atoms with Crippen LogP contribution < -0.4 is 4.74 Å². The molecule has 2 unspecified atom stereocenters. The molecule has 1 heterocycles. The van der Waals surface area contributed by atoms with Gasteiger partial charge in [-0.3, -0.25) is 4.79 Å². The fourth-order valence-corrected chi connectivity index (χ4v) is 4.47. The summed E-state index contributed by atoms with van der Waals surface area (Å²) in [5.41, 5.74) is 1.74. The Labute approximate surface area is 164 Å². The van der Waals surface area contributed by atoms with Gasteiger partial charge in [0.05, 0.1) is 10.4 Å². The summed E-state index contributed by atoms with van der Waals surface area (Å²) in [4.78, 5) is 24.6. The number of Topliss-reactive ketones (excluding diaryl/α,β-unsaturated/α-hetero) is 1. The molecule has 26 heavy (non-hydrogen) atoms. The van der Waals surface area contributed by atoms with Crippen molar-refractivity contribution in [1.29, 1.82) is 0 Å². The first-order valence-electron chi connectivity index (χ1n) is 7.97. The van der Waals surface area contributed by atoms with Crippen LogP contribution in [0.4, 0.5) is 0 Å². The Kier molecular flexibility index (Phi) is 3.99. The third-order valence-corrected chi connectivity index (χ3v) is 6.30. The predicted molar refractivity (Wildman–Crippen MR) is 99.1 cm³/mol. The second-order valence-electron chi connectivity index (χ2n) is 6.78. The molecular weight excluding hydrogens is 399 g/mol. The summed E-state index contributed by atoms with van der Waals surface area (Å²) in [6.45, 7) is 1.85. The van der Waals surface area contributed by atoms with E-state index >= 15 is 0 Å². The zero-order valence-electron chi connectivity index (χ0n) is 13.6. The van der Waals surface area contributed by atoms with Gasteiger partial charge in [0, 0.05) is 22.6 Å². The Morgan fingerprint density at radius 1 is 1.15 bits per heavy atom. The second-order valence-corrected chi connectivity index (χ2v) is 7.98. The molecule has 0 spiro atoms. The topological polar surface area (TPSA) is 63.6 Å². The van der Waals surface area contributed by atoms with Crippen molar-refractivity contribution in [1.82, 2.24) is 0 Å². The van der Waals surface area contributed by atoms with E-state index in [1.54, 1.807) is 12.1 Å². The first-order valence-corrected chi connectivity index (χ1v) is 9.10. The van der Waals surface area contributed by atoms with Gasteiger partial charge in [0.15, 0.2) is 11.9 Å². The minimum atomic E-state index is -1.08. The Balaban J connectivity index is 1.87. The lowest BCUT2D eigenvalue weighted by atomic mass is 9.79. The minimum absolute atomic E-state index is 0.0953. The first-order chi connectivity index (χ1) is 12.2. The van der Waals surface area contributed by atoms with Crippen molar-refractivity contribution in [2.75, 3.05) is 0 Å². The molecule has 2 aromatic rings. The van der Waals surface area contributed by atoms with Crippen LogP contribution in [-0.4, -0.2) is 23.0 Å². The molecule has 0 aromatic heterocycles. The number of fused-ring (bicyclic) bond motifs is 3. The molecule has 2 aliphatic rings. The Hall–Kier alpha value is -1.75. The van der Waals surface area contributed by atoms with Crippen molar-refractivity contribution < 1.29 is 19.4 Å². The van der Waals surface area contributed by atoms with E-state index in [9.17, 15) is 14.7 Å². The van der Waals surface area contributed by atoms with Gasteiger partial charge in [-0.05, 0) is 36.6 Å². The summed E-state index contributed by atoms with van der Waals surface area (Å²) in [7, 11) is 0. The van der Waals surface area contributed by atoms with Crippen LogP contribution in [0.5, 0.6) is 5.75 Å². The fraction of sp³-hybridized carbons (Fsp3) is 0.263. The highest BCUT2D eigenvalue weighted by Crippen LogP contribution is 2.52. The number of ketones is 1. The summed E-state index contributed by atoms with van der Waals surface area (Å²) in [6, 6.07) is 7.11. The molecule has 0 amide bonds. The highest BCUT2D eigenvalue weighted by atomic mass is 35.5. The molecule has 4 nitrogen and oxygen atoms in total. The lowest BCUT2D eigenvalue weighted by molar-refractivity contribution is -0.144. The van der Waals surface area contributed by atoms with E-state index in [0.717, 1.165) is 11.1 Å². The molecule has 2 aromatic carbocycles. The van der Waals surface area contributed by atoms with Crippen LogP contribution in [0.3, 0.4) is 0 Å². The number of halogens is 3. The number of carbonyl (C=O) groups excluding carboxylic acids is 1. The molecule has 4 rings (SSSR count). The molecule has 0 saturated heterocycles. The van der Waals surface area contributed by atoms with Crippen molar-refractivity contribution in [2.24, 2.45) is 0 Å². The molecule has 0 bridgehead atoms. The van der Waals surface area contributed by atoms with Crippen LogP contribution in [0, 0.1) is 0 Å². The van der Waals surface area contributed by atoms with Crippen LogP contribution in [0.2, 0.25) is 15.1 Å². The summed E-state index contributed by atoms with van der Waals surface area (Å²) in [6.07, 6.45) is -0.464. The standard InChI is InChI=1S/C19H13Cl3O4/c1-19(8-2-4-9(20)5-3-8)7-11-10-6-12(18(24)25)26-16(10)15(22)14(21)13(11)17(19)23/h2-5,12H,6-7H2,1H3,(H,24,25). The third kappa shape index (κ3) is 2.36. The molecule has 1 N–H and O–H groups in total. The maximum absolute atomic E-state index is 13.3. The fourth-order valence-electron chi connectivity index (χ4n) is 3.80. The summed E-state index contributed by atoms with van der Waals surface area (Å²) in [5.74, 6) is -0.939. The maximum atomic E-state index is 13.3. The number of ether oxygens (including phenoxy) is 1. The van der Waals surface area contributed by atoms with E-state index in [1.165, 1.54) is 0 Å². The normalized spacial score (nSPS) is 23.5. The highest BCUT2D eigenvalue weighted by molar-refractivity contribution is 6.45. The van der Waals surface area contributed by atoms with Crippen LogP contribution >= 0.6 is 34.8 Å². The SMILES string of the molecule is CC1(c2ccc(Cl)cc2)Cc2c3c(c(Cl)c(Cl)c2C1=O)OC(C(=O)O)C3. The number of rotatable bonds is 2. The van der Waals surface area contributed by atoms with Gasteiger partial charge in [-0.25, -0.2) is 4.79 Å². The number of hydrogen-bond donors (Lipinski definition) is 1. The quantitative estimate of drug-likeness (QED) is 0.776. The number of benzene rings is 2. The molecule has 0 radical (unpaired) electrons. The average Bonchev–Trinajstić information content (AvgIpc) is 3.15. The van der Waals surface area contributed by atoms with Gasteiger partial charge >= 0.3 is 5.97 Å². The van der Waals surface area contributed by atoms with E-state index in [-0.39, 0.29) is 28.0 Å². The van der Waals surface area contributed by atoms with Crippen LogP contribution in [0.25, 0.3) is 0 Å². The molecule has 1 aliphatic heterocycles. The van der Waals surface area contributed by atoms with Gasteiger partial charge in [-0.1, -0.05) is 46.9 Å². The van der Waals surface area contributed by atoms with Crippen molar-refractivity contribution in [3.05, 3.63) is 61.6 Å². The van der Waals surface area contributed by atoms with E-state index in [2.05, 4.69) is 0 Å². The van der Waals surface area contributed by atoms with Gasteiger partial charge in [0.1, 0.15) is 10.8 Å². The highest BCUT2D eigenvalue weighted by Gasteiger charge is 2.48. The molecule has 2 atom stereocenters. The van der Waals surface area contributed by atoms with E-state index in [1.807, 2.05) is 19.1 Å². The van der Waals surface area contributed by atoms with Crippen LogP contribution in [0.15, 0.2) is 24.3 Å². The van der Waals surface area contributed by atoms with Gasteiger partial charge in [0.2, 0.25) is 0 Å². The van der Waals surface area contributed by atoms with Crippen molar-refractivity contribution in [3.63, 3.8) is 0 Å². The van der Waals surface area contributed by atoms with Gasteiger partial charge in [-0.2, -0.15) is 0 Å². The van der Waals surface area contributed by atoms with Crippen molar-refractivity contribution in [2.45, 2.75) is 31.3 Å². The predicted octanol–water partition coefficient (Wildman–Crippen LogP) is 4.73. The zero-order valence-corrected chi connectivity index (χ0v) is 15.9. The van der Waals surface area contributed by atoms with Gasteiger partial charge in [-0.15, -0.1) is 0 Å². The second kappa shape index (κ2) is 5.88. The Morgan fingerprint density at radius 2 is 1.81 bits per heavy atom. The average molecular weight is 412 g/mol. The van der Waals surface area contributed by atoms with Crippen LogP contribution in [-0.2, 0) is 23.1 Å². The molecule has 7 heteroatoms. The van der Waals surface area contributed by atoms with Crippen molar-refractivity contribution in [3.8, 4) is 5.75 Å². The van der Waals surface area contributed by atoms with Crippen LogP contribution in [0.1, 0.15) is 34.0 Å². The third-order valence-electron chi connectivity index (χ3n) is 5.22. The molecular formula is C19H13Cl3O4. The van der Waals surface area contributed by atoms with Gasteiger partial charge in [0.25, 0.3) is 0 Å². The van der Waals surface area contributed by atoms with E-state index < -0.39 is 17.5 Å². The molecule has 1 aliphatic carbocycles. The maximum Gasteiger partial charge on any atom is 0.345 e. The van der Waals surface area contributed by atoms with Crippen molar-refractivity contribution >= 4 is 46.6 Å². The Bertz CT molecular complexity index is 968. The monoisotopic (exact) mass is 410 g/mol. The minimum Gasteiger partial charge on any atom is -0.478 e. The van der Waals surface area contributed by atoms with E-state index in [4.69, 9.17) is 39.5 Å². The molecule has 134 valence electrons. The number of hydrogen-bond acceptors (Lipinski definition) is 3. The lowest BCUT2D eigenvalue weighted by Gasteiger charge is -2.22. The largest absolute Gasteiger partial charge is 0.478 e. The number of carboxylic acid groups (broad SMARTS) is 1. The number of carbonyl (C=O) groups is 2. The van der Waals surface area contributed by atoms with E-state index in [0.29, 0.717) is 22.6 Å². The Morgan fingerprint density at radius 3 is 2.42 bits per heavy atom. The smallest absolute Gasteiger partial charge is 0.345 e. The summed E-state index contributed by atoms with van der Waals surface area (Å²) < 4.78 is 5.49. The first kappa shape index (κ1) is 17.7. The summed E-state index contributed by atoms with van der Waals surface area (Å²) in [5, 5.41) is 10.1. The zero-order chi connectivity index (χ0) is 18.8. The molecule has 0 saturated carbocycles. The lowest BCUT2D eigenvalue weighted by Crippen LogP contribution is -2.29. The molecule has 0 fully saturated rings. The summed E-state index contributed by atoms with van der Waals surface area (Å²) >= 11 is 18.6. The van der Waals surface area contributed by atoms with Gasteiger partial charge < -0.3 is 9.84 Å². The number of aliphatic carboxylic acids is 1.